The van der Waals surface area contributed by atoms with Crippen LogP contribution in [0.1, 0.15) is 5.89 Å². The number of rotatable bonds is 5. The molecule has 0 radical (unpaired) electrons. The highest BCUT2D eigenvalue weighted by Crippen LogP contribution is 2.11. The largest absolute Gasteiger partial charge is 0.337 e. The van der Waals surface area contributed by atoms with E-state index in [-0.39, 0.29) is 0 Å². The fourth-order valence-corrected chi connectivity index (χ4v) is 1.25. The molecule has 0 aliphatic carbocycles. The van der Waals surface area contributed by atoms with E-state index in [1.54, 1.807) is 10.8 Å². The van der Waals surface area contributed by atoms with Crippen molar-refractivity contribution in [3.8, 4) is 11.5 Å². The van der Waals surface area contributed by atoms with Crippen LogP contribution in [0.2, 0.25) is 0 Å². The van der Waals surface area contributed by atoms with E-state index in [0.29, 0.717) is 30.5 Å². The van der Waals surface area contributed by atoms with Gasteiger partial charge in [-0.25, -0.2) is 0 Å². The summed E-state index contributed by atoms with van der Waals surface area (Å²) in [6.07, 6.45) is 3.61. The SMILES string of the molecule is C=CCNCc1nc(-c2ccn(C)n2)no1. The molecule has 16 heavy (non-hydrogen) atoms. The van der Waals surface area contributed by atoms with Crippen molar-refractivity contribution in [3.05, 3.63) is 30.8 Å². The maximum atomic E-state index is 5.07. The van der Waals surface area contributed by atoms with Crippen LogP contribution < -0.4 is 5.32 Å². The molecule has 1 N–H and O–H groups in total. The third kappa shape index (κ3) is 2.34. The minimum absolute atomic E-state index is 0.510. The van der Waals surface area contributed by atoms with Gasteiger partial charge < -0.3 is 9.84 Å². The molecule has 2 rings (SSSR count). The highest BCUT2D eigenvalue weighted by Gasteiger charge is 2.09. The Hall–Kier alpha value is -1.95. The van der Waals surface area contributed by atoms with E-state index in [9.17, 15) is 0 Å². The van der Waals surface area contributed by atoms with Gasteiger partial charge in [-0.1, -0.05) is 11.2 Å². The average Bonchev–Trinajstić information content (AvgIpc) is 2.87. The van der Waals surface area contributed by atoms with Gasteiger partial charge in [0, 0.05) is 19.8 Å². The summed E-state index contributed by atoms with van der Waals surface area (Å²) in [4.78, 5) is 4.22. The minimum atomic E-state index is 0.510. The van der Waals surface area contributed by atoms with Crippen LogP contribution in [0.3, 0.4) is 0 Å². The lowest BCUT2D eigenvalue weighted by Gasteiger charge is -1.93. The topological polar surface area (TPSA) is 68.8 Å². The lowest BCUT2D eigenvalue weighted by molar-refractivity contribution is 0.370. The summed E-state index contributed by atoms with van der Waals surface area (Å²) >= 11 is 0. The van der Waals surface area contributed by atoms with Crippen LogP contribution in [-0.4, -0.2) is 26.5 Å². The quantitative estimate of drug-likeness (QED) is 0.593. The molecular formula is C10H13N5O. The molecule has 0 fully saturated rings. The van der Waals surface area contributed by atoms with E-state index in [0.717, 1.165) is 0 Å². The number of nitrogens with zero attached hydrogens (tertiary/aromatic N) is 4. The zero-order valence-corrected chi connectivity index (χ0v) is 9.05. The van der Waals surface area contributed by atoms with Crippen molar-refractivity contribution in [1.29, 1.82) is 0 Å². The molecule has 0 aliphatic heterocycles. The summed E-state index contributed by atoms with van der Waals surface area (Å²) in [5.74, 6) is 1.05. The first-order chi connectivity index (χ1) is 7.79. The Balaban J connectivity index is 2.04. The molecule has 2 aromatic rings. The van der Waals surface area contributed by atoms with Crippen LogP contribution in [0.4, 0.5) is 0 Å². The Morgan fingerprint density at radius 1 is 1.62 bits per heavy atom. The standard InChI is InChI=1S/C10H13N5O/c1-3-5-11-7-9-12-10(14-16-9)8-4-6-15(2)13-8/h3-4,6,11H,1,5,7H2,2H3. The normalized spacial score (nSPS) is 10.6. The predicted octanol–water partition coefficient (Wildman–Crippen LogP) is 0.746. The molecule has 0 atom stereocenters. The van der Waals surface area contributed by atoms with Crippen molar-refractivity contribution < 1.29 is 4.52 Å². The molecule has 0 saturated carbocycles. The van der Waals surface area contributed by atoms with Gasteiger partial charge in [-0.05, 0) is 6.07 Å². The van der Waals surface area contributed by atoms with E-state index < -0.39 is 0 Å². The molecule has 0 aromatic carbocycles. The smallest absolute Gasteiger partial charge is 0.240 e. The molecule has 0 aliphatic rings. The van der Waals surface area contributed by atoms with Crippen LogP contribution in [0.15, 0.2) is 29.4 Å². The Kier molecular flexibility index (Phi) is 3.11. The first-order valence-electron chi connectivity index (χ1n) is 4.94. The lowest BCUT2D eigenvalue weighted by atomic mass is 10.4. The van der Waals surface area contributed by atoms with E-state index in [1.807, 2.05) is 19.3 Å². The van der Waals surface area contributed by atoms with Crippen LogP contribution in [-0.2, 0) is 13.6 Å². The van der Waals surface area contributed by atoms with E-state index in [4.69, 9.17) is 4.52 Å². The van der Waals surface area contributed by atoms with Gasteiger partial charge in [0.2, 0.25) is 11.7 Å². The van der Waals surface area contributed by atoms with Crippen LogP contribution in [0.25, 0.3) is 11.5 Å². The summed E-state index contributed by atoms with van der Waals surface area (Å²) in [6.45, 7) is 4.85. The molecule has 2 aromatic heterocycles. The Morgan fingerprint density at radius 2 is 2.50 bits per heavy atom. The molecule has 0 bridgehead atoms. The summed E-state index contributed by atoms with van der Waals surface area (Å²) in [5.41, 5.74) is 0.709. The molecule has 6 heteroatoms. The number of aryl methyl sites for hydroxylation is 1. The van der Waals surface area contributed by atoms with E-state index in [1.165, 1.54) is 0 Å². The van der Waals surface area contributed by atoms with Gasteiger partial charge in [0.15, 0.2) is 0 Å². The number of hydrogen-bond donors (Lipinski definition) is 1. The van der Waals surface area contributed by atoms with Crippen molar-refractivity contribution in [1.82, 2.24) is 25.2 Å². The Morgan fingerprint density at radius 3 is 3.19 bits per heavy atom. The number of hydrogen-bond acceptors (Lipinski definition) is 5. The second-order valence-electron chi connectivity index (χ2n) is 3.31. The summed E-state index contributed by atoms with van der Waals surface area (Å²) in [7, 11) is 1.84. The summed E-state index contributed by atoms with van der Waals surface area (Å²) in [6, 6.07) is 1.84. The van der Waals surface area contributed by atoms with Gasteiger partial charge in [-0.2, -0.15) is 10.1 Å². The minimum Gasteiger partial charge on any atom is -0.337 e. The van der Waals surface area contributed by atoms with Gasteiger partial charge in [0.05, 0.1) is 6.54 Å². The lowest BCUT2D eigenvalue weighted by Crippen LogP contribution is -2.12. The highest BCUT2D eigenvalue weighted by molar-refractivity contribution is 5.46. The van der Waals surface area contributed by atoms with Gasteiger partial charge >= 0.3 is 0 Å². The van der Waals surface area contributed by atoms with Crippen molar-refractivity contribution in [2.24, 2.45) is 7.05 Å². The molecule has 84 valence electrons. The first-order valence-corrected chi connectivity index (χ1v) is 4.94. The molecule has 0 saturated heterocycles. The third-order valence-corrected chi connectivity index (χ3v) is 1.98. The molecular weight excluding hydrogens is 206 g/mol. The summed E-state index contributed by atoms with van der Waals surface area (Å²) in [5, 5.41) is 11.1. The van der Waals surface area contributed by atoms with Crippen LogP contribution in [0, 0.1) is 0 Å². The van der Waals surface area contributed by atoms with Crippen molar-refractivity contribution in [3.63, 3.8) is 0 Å². The maximum Gasteiger partial charge on any atom is 0.240 e. The fourth-order valence-electron chi connectivity index (χ4n) is 1.25. The average molecular weight is 219 g/mol. The Labute approximate surface area is 93.0 Å². The van der Waals surface area contributed by atoms with Crippen molar-refractivity contribution in [2.75, 3.05) is 6.54 Å². The van der Waals surface area contributed by atoms with Gasteiger partial charge in [-0.15, -0.1) is 6.58 Å². The second kappa shape index (κ2) is 4.71. The third-order valence-electron chi connectivity index (χ3n) is 1.98. The zero-order chi connectivity index (χ0) is 11.4. The highest BCUT2D eigenvalue weighted by atomic mass is 16.5. The molecule has 6 nitrogen and oxygen atoms in total. The van der Waals surface area contributed by atoms with E-state index in [2.05, 4.69) is 27.1 Å². The fraction of sp³-hybridized carbons (Fsp3) is 0.300. The maximum absolute atomic E-state index is 5.07. The van der Waals surface area contributed by atoms with Crippen LogP contribution >= 0.6 is 0 Å². The zero-order valence-electron chi connectivity index (χ0n) is 9.05. The number of aromatic nitrogens is 4. The van der Waals surface area contributed by atoms with E-state index >= 15 is 0 Å². The molecule has 0 unspecified atom stereocenters. The first kappa shape index (κ1) is 10.6. The van der Waals surface area contributed by atoms with Gasteiger partial charge in [0.1, 0.15) is 5.69 Å². The second-order valence-corrected chi connectivity index (χ2v) is 3.31. The molecule has 0 amide bonds. The monoisotopic (exact) mass is 219 g/mol. The van der Waals surface area contributed by atoms with Gasteiger partial charge in [0.25, 0.3) is 0 Å². The summed E-state index contributed by atoms with van der Waals surface area (Å²) < 4.78 is 6.76. The predicted molar refractivity (Wildman–Crippen MR) is 58.4 cm³/mol. The molecule has 2 heterocycles. The van der Waals surface area contributed by atoms with Crippen LogP contribution in [0.5, 0.6) is 0 Å². The number of nitrogens with one attached hydrogen (secondary N) is 1. The van der Waals surface area contributed by atoms with Gasteiger partial charge in [-0.3, -0.25) is 4.68 Å². The van der Waals surface area contributed by atoms with Crippen molar-refractivity contribution >= 4 is 0 Å². The molecule has 0 spiro atoms. The Bertz CT molecular complexity index is 473. The van der Waals surface area contributed by atoms with Crippen molar-refractivity contribution in [2.45, 2.75) is 6.54 Å².